The van der Waals surface area contributed by atoms with E-state index in [4.69, 9.17) is 0 Å². The molecule has 0 amide bonds. The molecule has 3 heteroatoms. The first-order valence-electron chi connectivity index (χ1n) is 6.95. The first-order valence-corrected chi connectivity index (χ1v) is 6.95. The molecule has 96 valence electrons. The number of fused-ring (bicyclic) bond motifs is 2. The number of pyridine rings is 1. The molecule has 18 heavy (non-hydrogen) atoms. The van der Waals surface area contributed by atoms with E-state index >= 15 is 0 Å². The highest BCUT2D eigenvalue weighted by Gasteiger charge is 2.35. The van der Waals surface area contributed by atoms with Crippen molar-refractivity contribution in [2.75, 3.05) is 0 Å². The van der Waals surface area contributed by atoms with Crippen LogP contribution in [0, 0.1) is 12.8 Å². The van der Waals surface area contributed by atoms with Gasteiger partial charge in [0.15, 0.2) is 5.78 Å². The Kier molecular flexibility index (Phi) is 3.16. The van der Waals surface area contributed by atoms with Crippen molar-refractivity contribution in [2.45, 2.75) is 51.1 Å². The van der Waals surface area contributed by atoms with Crippen LogP contribution < -0.4 is 5.32 Å². The molecule has 2 aliphatic heterocycles. The molecule has 3 heterocycles. The van der Waals surface area contributed by atoms with Gasteiger partial charge in [-0.25, -0.2) is 0 Å². The Morgan fingerprint density at radius 2 is 2.06 bits per heavy atom. The van der Waals surface area contributed by atoms with Crippen molar-refractivity contribution in [1.29, 1.82) is 0 Å². The number of piperidine rings is 2. The third-order valence-electron chi connectivity index (χ3n) is 4.39. The summed E-state index contributed by atoms with van der Waals surface area (Å²) >= 11 is 0. The van der Waals surface area contributed by atoms with Gasteiger partial charge in [-0.3, -0.25) is 9.78 Å². The highest BCUT2D eigenvalue weighted by atomic mass is 16.1. The smallest absolute Gasteiger partial charge is 0.167 e. The molecule has 1 aromatic heterocycles. The normalized spacial score (nSPS) is 31.1. The molecule has 1 aromatic rings. The van der Waals surface area contributed by atoms with Crippen LogP contribution in [0.2, 0.25) is 0 Å². The summed E-state index contributed by atoms with van der Waals surface area (Å²) in [7, 11) is 0. The van der Waals surface area contributed by atoms with E-state index in [1.807, 2.05) is 13.0 Å². The fraction of sp³-hybridized carbons (Fsp3) is 0.600. The molecule has 0 aromatic carbocycles. The van der Waals surface area contributed by atoms with E-state index in [2.05, 4.69) is 10.3 Å². The number of ketones is 1. The zero-order valence-electron chi connectivity index (χ0n) is 10.9. The molecule has 2 atom stereocenters. The first-order chi connectivity index (χ1) is 8.74. The van der Waals surface area contributed by atoms with Gasteiger partial charge in [0.05, 0.1) is 0 Å². The van der Waals surface area contributed by atoms with Gasteiger partial charge in [-0.05, 0) is 44.2 Å². The van der Waals surface area contributed by atoms with Gasteiger partial charge in [-0.15, -0.1) is 0 Å². The second-order valence-electron chi connectivity index (χ2n) is 5.71. The van der Waals surface area contributed by atoms with Crippen LogP contribution in [0.1, 0.15) is 48.0 Å². The Morgan fingerprint density at radius 3 is 2.72 bits per heavy atom. The number of aryl methyl sites for hydroxylation is 1. The lowest BCUT2D eigenvalue weighted by atomic mass is 9.77. The predicted molar refractivity (Wildman–Crippen MR) is 70.6 cm³/mol. The molecule has 0 spiro atoms. The van der Waals surface area contributed by atoms with Gasteiger partial charge in [-0.1, -0.05) is 6.42 Å². The Bertz CT molecular complexity index is 446. The minimum absolute atomic E-state index is 0.199. The maximum atomic E-state index is 12.6. The highest BCUT2D eigenvalue weighted by Crippen LogP contribution is 2.32. The quantitative estimate of drug-likeness (QED) is 0.813. The van der Waals surface area contributed by atoms with Crippen molar-refractivity contribution in [3.05, 3.63) is 29.6 Å². The van der Waals surface area contributed by atoms with E-state index in [1.165, 1.54) is 19.3 Å². The fourth-order valence-electron chi connectivity index (χ4n) is 3.42. The number of nitrogens with zero attached hydrogens (tertiary/aromatic N) is 1. The van der Waals surface area contributed by atoms with Gasteiger partial charge in [0.1, 0.15) is 0 Å². The third-order valence-corrected chi connectivity index (χ3v) is 4.39. The number of hydrogen-bond acceptors (Lipinski definition) is 3. The molecule has 2 saturated heterocycles. The Balaban J connectivity index is 1.79. The molecular weight excluding hydrogens is 224 g/mol. The van der Waals surface area contributed by atoms with E-state index < -0.39 is 0 Å². The summed E-state index contributed by atoms with van der Waals surface area (Å²) < 4.78 is 0. The average molecular weight is 244 g/mol. The van der Waals surface area contributed by atoms with Gasteiger partial charge >= 0.3 is 0 Å². The number of aromatic nitrogens is 1. The predicted octanol–water partition coefficient (Wildman–Crippen LogP) is 2.49. The standard InChI is InChI=1S/C15H20N2O/c1-10-5-6-16-9-14(10)15(18)11-7-12-3-2-4-13(8-11)17-12/h5-6,9,11-13,17H,2-4,7-8H2,1H3. The summed E-state index contributed by atoms with van der Waals surface area (Å²) in [5.74, 6) is 0.503. The van der Waals surface area contributed by atoms with E-state index in [1.54, 1.807) is 12.4 Å². The van der Waals surface area contributed by atoms with Gasteiger partial charge in [0.2, 0.25) is 0 Å². The number of carbonyl (C=O) groups excluding carboxylic acids is 1. The topological polar surface area (TPSA) is 42.0 Å². The van der Waals surface area contributed by atoms with Crippen LogP contribution in [0.4, 0.5) is 0 Å². The zero-order chi connectivity index (χ0) is 12.5. The van der Waals surface area contributed by atoms with E-state index in [-0.39, 0.29) is 5.92 Å². The summed E-state index contributed by atoms with van der Waals surface area (Å²) in [5.41, 5.74) is 1.88. The molecule has 1 N–H and O–H groups in total. The maximum absolute atomic E-state index is 12.6. The summed E-state index contributed by atoms with van der Waals surface area (Å²) in [6.45, 7) is 2.00. The van der Waals surface area contributed by atoms with Gasteiger partial charge in [0, 0.05) is 36.0 Å². The van der Waals surface area contributed by atoms with E-state index in [9.17, 15) is 4.79 Å². The Morgan fingerprint density at radius 1 is 1.33 bits per heavy atom. The van der Waals surface area contributed by atoms with Crippen molar-refractivity contribution < 1.29 is 4.79 Å². The average Bonchev–Trinajstić information content (AvgIpc) is 2.38. The second kappa shape index (κ2) is 4.81. The van der Waals surface area contributed by atoms with Crippen LogP contribution in [0.3, 0.4) is 0 Å². The summed E-state index contributed by atoms with van der Waals surface area (Å²) in [6.07, 6.45) is 9.26. The van der Waals surface area contributed by atoms with Crippen LogP contribution >= 0.6 is 0 Å². The minimum atomic E-state index is 0.199. The minimum Gasteiger partial charge on any atom is -0.311 e. The van der Waals surface area contributed by atoms with Crippen molar-refractivity contribution in [2.24, 2.45) is 5.92 Å². The number of rotatable bonds is 2. The van der Waals surface area contributed by atoms with Crippen LogP contribution in [0.5, 0.6) is 0 Å². The third kappa shape index (κ3) is 2.19. The number of hydrogen-bond donors (Lipinski definition) is 1. The van der Waals surface area contributed by atoms with Gasteiger partial charge in [-0.2, -0.15) is 0 Å². The maximum Gasteiger partial charge on any atom is 0.167 e. The number of carbonyl (C=O) groups is 1. The van der Waals surface area contributed by atoms with Crippen molar-refractivity contribution in [3.8, 4) is 0 Å². The Labute approximate surface area is 108 Å². The fourth-order valence-corrected chi connectivity index (χ4v) is 3.42. The molecule has 0 saturated carbocycles. The first kappa shape index (κ1) is 11.8. The largest absolute Gasteiger partial charge is 0.311 e. The van der Waals surface area contributed by atoms with Gasteiger partial charge in [0.25, 0.3) is 0 Å². The molecule has 0 aliphatic carbocycles. The number of Topliss-reactive ketones (excluding diaryl/α,β-unsaturated/α-hetero) is 1. The lowest BCUT2D eigenvalue weighted by molar-refractivity contribution is 0.0824. The molecular formula is C15H20N2O. The molecule has 3 nitrogen and oxygen atoms in total. The lowest BCUT2D eigenvalue weighted by Gasteiger charge is -2.39. The summed E-state index contributed by atoms with van der Waals surface area (Å²) in [6, 6.07) is 3.04. The highest BCUT2D eigenvalue weighted by molar-refractivity contribution is 5.98. The van der Waals surface area contributed by atoms with Crippen molar-refractivity contribution in [3.63, 3.8) is 0 Å². The molecule has 3 rings (SSSR count). The van der Waals surface area contributed by atoms with Crippen LogP contribution in [-0.2, 0) is 0 Å². The molecule has 2 unspecified atom stereocenters. The summed E-state index contributed by atoms with van der Waals surface area (Å²) in [5, 5.41) is 3.64. The number of nitrogens with one attached hydrogen (secondary N) is 1. The molecule has 0 radical (unpaired) electrons. The van der Waals surface area contributed by atoms with Crippen molar-refractivity contribution >= 4 is 5.78 Å². The molecule has 2 bridgehead atoms. The Hall–Kier alpha value is -1.22. The summed E-state index contributed by atoms with van der Waals surface area (Å²) in [4.78, 5) is 16.7. The van der Waals surface area contributed by atoms with Crippen LogP contribution in [0.25, 0.3) is 0 Å². The van der Waals surface area contributed by atoms with Crippen molar-refractivity contribution in [1.82, 2.24) is 10.3 Å². The van der Waals surface area contributed by atoms with Gasteiger partial charge < -0.3 is 5.32 Å². The zero-order valence-corrected chi connectivity index (χ0v) is 10.9. The second-order valence-corrected chi connectivity index (χ2v) is 5.71. The van der Waals surface area contributed by atoms with E-state index in [0.717, 1.165) is 24.0 Å². The van der Waals surface area contributed by atoms with E-state index in [0.29, 0.717) is 17.9 Å². The molecule has 2 aliphatic rings. The SMILES string of the molecule is Cc1ccncc1C(=O)C1CC2CCCC(C1)N2. The lowest BCUT2D eigenvalue weighted by Crippen LogP contribution is -2.50. The van der Waals surface area contributed by atoms with Crippen LogP contribution in [0.15, 0.2) is 18.5 Å². The van der Waals surface area contributed by atoms with Crippen LogP contribution in [-0.4, -0.2) is 22.9 Å². The molecule has 2 fully saturated rings. The monoisotopic (exact) mass is 244 g/mol.